The fourth-order valence-electron chi connectivity index (χ4n) is 2.18. The van der Waals surface area contributed by atoms with Crippen LogP contribution in [-0.4, -0.2) is 61.3 Å². The molecule has 0 spiro atoms. The molecule has 1 aliphatic rings. The topological polar surface area (TPSA) is 32.5 Å². The van der Waals surface area contributed by atoms with Crippen LogP contribution in [0.5, 0.6) is 0 Å². The van der Waals surface area contributed by atoms with Gasteiger partial charge in [-0.3, -0.25) is 4.90 Å². The number of hydrogen-bond acceptors (Lipinski definition) is 3. The van der Waals surface area contributed by atoms with Gasteiger partial charge in [0.05, 0.1) is 0 Å². The molecule has 0 aromatic carbocycles. The summed E-state index contributed by atoms with van der Waals surface area (Å²) >= 11 is 0. The fraction of sp³-hybridized carbons (Fsp3) is 1.00. The second-order valence-corrected chi connectivity index (χ2v) is 4.33. The highest BCUT2D eigenvalue weighted by atomic mass is 19.4. The molecule has 2 N–H and O–H groups in total. The highest BCUT2D eigenvalue weighted by Crippen LogP contribution is 2.26. The van der Waals surface area contributed by atoms with Crippen molar-refractivity contribution in [2.75, 3.05) is 33.2 Å². The summed E-state index contributed by atoms with van der Waals surface area (Å²) in [6.07, 6.45) is -3.36. The van der Waals surface area contributed by atoms with Crippen LogP contribution in [0.3, 0.4) is 0 Å². The highest BCUT2D eigenvalue weighted by Gasteiger charge is 2.44. The van der Waals surface area contributed by atoms with Gasteiger partial charge in [-0.1, -0.05) is 6.92 Å². The number of rotatable bonds is 3. The quantitative estimate of drug-likeness (QED) is 0.794. The largest absolute Gasteiger partial charge is 0.405 e. The molecule has 2 atom stereocenters. The van der Waals surface area contributed by atoms with Gasteiger partial charge in [-0.25, -0.2) is 0 Å². The monoisotopic (exact) mass is 239 g/mol. The van der Waals surface area contributed by atoms with E-state index in [0.717, 1.165) is 6.42 Å². The van der Waals surface area contributed by atoms with E-state index in [-0.39, 0.29) is 12.6 Å². The van der Waals surface area contributed by atoms with Crippen molar-refractivity contribution in [1.82, 2.24) is 9.80 Å². The van der Waals surface area contributed by atoms with Gasteiger partial charge in [-0.15, -0.1) is 0 Å². The van der Waals surface area contributed by atoms with E-state index in [1.807, 2.05) is 14.0 Å². The van der Waals surface area contributed by atoms with Crippen LogP contribution in [-0.2, 0) is 0 Å². The first-order valence-electron chi connectivity index (χ1n) is 5.61. The first-order valence-corrected chi connectivity index (χ1v) is 5.61. The Morgan fingerprint density at radius 1 is 1.38 bits per heavy atom. The molecule has 1 heterocycles. The number of piperazine rings is 1. The van der Waals surface area contributed by atoms with Crippen molar-refractivity contribution < 1.29 is 13.2 Å². The molecule has 16 heavy (non-hydrogen) atoms. The van der Waals surface area contributed by atoms with E-state index < -0.39 is 12.2 Å². The smallest absolute Gasteiger partial charge is 0.329 e. The van der Waals surface area contributed by atoms with Crippen LogP contribution in [0.4, 0.5) is 13.2 Å². The van der Waals surface area contributed by atoms with Crippen LogP contribution in [0.15, 0.2) is 0 Å². The molecule has 1 fully saturated rings. The zero-order valence-electron chi connectivity index (χ0n) is 9.80. The molecule has 1 aliphatic heterocycles. The van der Waals surface area contributed by atoms with Crippen molar-refractivity contribution >= 4 is 0 Å². The highest BCUT2D eigenvalue weighted by molar-refractivity contribution is 4.87. The van der Waals surface area contributed by atoms with Crippen LogP contribution in [0.25, 0.3) is 0 Å². The van der Waals surface area contributed by atoms with E-state index >= 15 is 0 Å². The van der Waals surface area contributed by atoms with Gasteiger partial charge in [-0.2, -0.15) is 13.2 Å². The van der Waals surface area contributed by atoms with Gasteiger partial charge in [0, 0.05) is 32.2 Å². The third-order valence-electron chi connectivity index (χ3n) is 3.32. The van der Waals surface area contributed by atoms with Gasteiger partial charge in [0.15, 0.2) is 0 Å². The number of alkyl halides is 3. The zero-order valence-corrected chi connectivity index (χ0v) is 9.80. The Kier molecular flexibility index (Phi) is 4.58. The predicted octanol–water partition coefficient (Wildman–Crippen LogP) is 0.902. The number of hydrogen-bond donors (Lipinski definition) is 1. The Bertz CT molecular complexity index is 220. The molecular weight excluding hydrogens is 219 g/mol. The molecule has 0 saturated carbocycles. The summed E-state index contributed by atoms with van der Waals surface area (Å²) in [6.45, 7) is 3.20. The average molecular weight is 239 g/mol. The molecular formula is C10H20F3N3. The summed E-state index contributed by atoms with van der Waals surface area (Å²) < 4.78 is 38.1. The summed E-state index contributed by atoms with van der Waals surface area (Å²) in [5.74, 6) is 0. The van der Waals surface area contributed by atoms with Crippen molar-refractivity contribution in [2.24, 2.45) is 5.73 Å². The van der Waals surface area contributed by atoms with E-state index in [9.17, 15) is 13.2 Å². The fourth-order valence-corrected chi connectivity index (χ4v) is 2.18. The molecule has 0 amide bonds. The molecule has 1 saturated heterocycles. The molecule has 6 heteroatoms. The maximum Gasteiger partial charge on any atom is 0.405 e. The summed E-state index contributed by atoms with van der Waals surface area (Å²) in [6, 6.07) is -1.29. The number of likely N-dealkylation sites (N-methyl/N-ethyl adjacent to an activating group) is 1. The lowest BCUT2D eigenvalue weighted by Gasteiger charge is -2.42. The van der Waals surface area contributed by atoms with Crippen molar-refractivity contribution in [2.45, 2.75) is 31.6 Å². The SMILES string of the molecule is CCC1CN(C(CN)C(F)(F)F)CCN1C. The van der Waals surface area contributed by atoms with E-state index in [4.69, 9.17) is 5.73 Å². The van der Waals surface area contributed by atoms with Crippen LogP contribution in [0, 0.1) is 0 Å². The summed E-state index contributed by atoms with van der Waals surface area (Å²) in [7, 11) is 1.95. The van der Waals surface area contributed by atoms with Gasteiger partial charge in [0.2, 0.25) is 0 Å². The molecule has 2 unspecified atom stereocenters. The van der Waals surface area contributed by atoms with Gasteiger partial charge < -0.3 is 10.6 Å². The Labute approximate surface area is 94.4 Å². The van der Waals surface area contributed by atoms with Gasteiger partial charge in [0.1, 0.15) is 6.04 Å². The predicted molar refractivity (Wildman–Crippen MR) is 57.2 cm³/mol. The first kappa shape index (κ1) is 13.7. The molecule has 3 nitrogen and oxygen atoms in total. The van der Waals surface area contributed by atoms with Crippen molar-refractivity contribution in [3.05, 3.63) is 0 Å². The number of nitrogens with zero attached hydrogens (tertiary/aromatic N) is 2. The molecule has 96 valence electrons. The number of nitrogens with two attached hydrogens (primary N) is 1. The lowest BCUT2D eigenvalue weighted by molar-refractivity contribution is -0.186. The van der Waals surface area contributed by atoms with E-state index in [2.05, 4.69) is 4.90 Å². The van der Waals surface area contributed by atoms with Crippen molar-refractivity contribution in [3.8, 4) is 0 Å². The molecule has 0 bridgehead atoms. The van der Waals surface area contributed by atoms with E-state index in [1.165, 1.54) is 4.90 Å². The lowest BCUT2D eigenvalue weighted by atomic mass is 10.1. The molecule has 0 aliphatic carbocycles. The zero-order chi connectivity index (χ0) is 12.3. The molecule has 1 rings (SSSR count). The average Bonchev–Trinajstić information content (AvgIpc) is 2.19. The lowest BCUT2D eigenvalue weighted by Crippen LogP contribution is -2.59. The maximum atomic E-state index is 12.7. The normalized spacial score (nSPS) is 27.0. The van der Waals surface area contributed by atoms with E-state index in [0.29, 0.717) is 19.6 Å². The van der Waals surface area contributed by atoms with Crippen LogP contribution < -0.4 is 5.73 Å². The summed E-state index contributed by atoms with van der Waals surface area (Å²) in [4.78, 5) is 3.58. The Morgan fingerprint density at radius 3 is 2.44 bits per heavy atom. The van der Waals surface area contributed by atoms with E-state index in [1.54, 1.807) is 0 Å². The van der Waals surface area contributed by atoms with Crippen LogP contribution >= 0.6 is 0 Å². The molecule has 0 radical (unpaired) electrons. The minimum Gasteiger partial charge on any atom is -0.329 e. The Hall–Kier alpha value is -0.330. The standard InChI is InChI=1S/C10H20F3N3/c1-3-8-7-16(5-4-15(8)2)9(6-14)10(11,12)13/h8-9H,3-7,14H2,1-2H3. The summed E-state index contributed by atoms with van der Waals surface area (Å²) in [5, 5.41) is 0. The second kappa shape index (κ2) is 5.33. The van der Waals surface area contributed by atoms with Crippen LogP contribution in [0.1, 0.15) is 13.3 Å². The first-order chi connectivity index (χ1) is 7.40. The third kappa shape index (κ3) is 3.09. The third-order valence-corrected chi connectivity index (χ3v) is 3.32. The minimum absolute atomic E-state index is 0.199. The van der Waals surface area contributed by atoms with Crippen molar-refractivity contribution in [1.29, 1.82) is 0 Å². The maximum absolute atomic E-state index is 12.7. The van der Waals surface area contributed by atoms with Crippen LogP contribution in [0.2, 0.25) is 0 Å². The van der Waals surface area contributed by atoms with Gasteiger partial charge in [-0.05, 0) is 13.5 Å². The van der Waals surface area contributed by atoms with Crippen molar-refractivity contribution in [3.63, 3.8) is 0 Å². The molecule has 0 aromatic heterocycles. The summed E-state index contributed by atoms with van der Waals surface area (Å²) in [5.41, 5.74) is 5.24. The van der Waals surface area contributed by atoms with Gasteiger partial charge in [0.25, 0.3) is 0 Å². The molecule has 0 aromatic rings. The second-order valence-electron chi connectivity index (χ2n) is 4.33. The van der Waals surface area contributed by atoms with Gasteiger partial charge >= 0.3 is 6.18 Å². The minimum atomic E-state index is -4.22. The Balaban J connectivity index is 2.66. The number of halogens is 3. The Morgan fingerprint density at radius 2 is 2.00 bits per heavy atom.